The second kappa shape index (κ2) is 5.77. The van der Waals surface area contributed by atoms with Crippen molar-refractivity contribution < 1.29 is 19.1 Å². The summed E-state index contributed by atoms with van der Waals surface area (Å²) in [6, 6.07) is 1.58. The van der Waals surface area contributed by atoms with E-state index in [2.05, 4.69) is 21.2 Å². The van der Waals surface area contributed by atoms with E-state index in [0.717, 1.165) is 19.3 Å². The molecule has 0 aromatic carbocycles. The minimum Gasteiger partial charge on any atom is -0.481 e. The molecule has 0 atom stereocenters. The van der Waals surface area contributed by atoms with E-state index in [-0.39, 0.29) is 12.3 Å². The van der Waals surface area contributed by atoms with Crippen LogP contribution in [-0.4, -0.2) is 22.5 Å². The van der Waals surface area contributed by atoms with Crippen LogP contribution in [0.15, 0.2) is 21.4 Å². The first-order valence-corrected chi connectivity index (χ1v) is 7.08. The molecule has 2 rings (SSSR count). The number of furan rings is 1. The molecule has 1 aromatic heterocycles. The van der Waals surface area contributed by atoms with Crippen LogP contribution in [0.25, 0.3) is 0 Å². The number of hydrogen-bond acceptors (Lipinski definition) is 3. The topological polar surface area (TPSA) is 79.5 Å². The summed E-state index contributed by atoms with van der Waals surface area (Å²) in [6.07, 6.45) is 5.74. The van der Waals surface area contributed by atoms with Gasteiger partial charge in [0.15, 0.2) is 4.67 Å². The van der Waals surface area contributed by atoms with Gasteiger partial charge in [-0.25, -0.2) is 0 Å². The minimum atomic E-state index is -0.879. The van der Waals surface area contributed by atoms with E-state index in [0.29, 0.717) is 23.1 Å². The Morgan fingerprint density at radius 2 is 2.05 bits per heavy atom. The molecule has 0 aliphatic heterocycles. The van der Waals surface area contributed by atoms with Crippen molar-refractivity contribution in [1.29, 1.82) is 0 Å². The zero-order valence-corrected chi connectivity index (χ0v) is 12.0. The number of carbonyl (C=O) groups excluding carboxylic acids is 1. The van der Waals surface area contributed by atoms with E-state index in [1.54, 1.807) is 6.07 Å². The Balaban J connectivity index is 2.11. The van der Waals surface area contributed by atoms with Gasteiger partial charge in [0.05, 0.1) is 17.5 Å². The zero-order valence-electron chi connectivity index (χ0n) is 10.4. The quantitative estimate of drug-likeness (QED) is 0.889. The van der Waals surface area contributed by atoms with Crippen LogP contribution in [-0.2, 0) is 4.79 Å². The van der Waals surface area contributed by atoms with Crippen molar-refractivity contribution in [3.8, 4) is 0 Å². The highest BCUT2D eigenvalue weighted by Crippen LogP contribution is 2.31. The normalized spacial score (nSPS) is 17.9. The van der Waals surface area contributed by atoms with Gasteiger partial charge in [-0.3, -0.25) is 9.59 Å². The number of nitrogens with one attached hydrogen (secondary N) is 1. The van der Waals surface area contributed by atoms with Crippen molar-refractivity contribution in [2.24, 2.45) is 0 Å². The largest absolute Gasteiger partial charge is 0.481 e. The number of rotatable bonds is 4. The summed E-state index contributed by atoms with van der Waals surface area (Å²) in [5.41, 5.74) is -0.215. The van der Waals surface area contributed by atoms with Crippen molar-refractivity contribution >= 4 is 27.8 Å². The molecular formula is C13H16BrNO4. The van der Waals surface area contributed by atoms with Crippen LogP contribution >= 0.6 is 15.9 Å². The Bertz CT molecular complexity index is 477. The molecule has 2 N–H and O–H groups in total. The average molecular weight is 330 g/mol. The fourth-order valence-electron chi connectivity index (χ4n) is 2.61. The maximum Gasteiger partial charge on any atom is 0.305 e. The van der Waals surface area contributed by atoms with Gasteiger partial charge in [0.25, 0.3) is 5.91 Å². The number of carboxylic acids is 1. The first kappa shape index (κ1) is 14.1. The van der Waals surface area contributed by atoms with Gasteiger partial charge in [-0.2, -0.15) is 0 Å². The van der Waals surface area contributed by atoms with E-state index in [9.17, 15) is 9.59 Å². The summed E-state index contributed by atoms with van der Waals surface area (Å²) >= 11 is 3.14. The molecule has 5 nitrogen and oxygen atoms in total. The summed E-state index contributed by atoms with van der Waals surface area (Å²) < 4.78 is 5.51. The third-order valence-corrected chi connectivity index (χ3v) is 3.92. The molecule has 1 aromatic rings. The van der Waals surface area contributed by atoms with Crippen molar-refractivity contribution in [3.63, 3.8) is 0 Å². The average Bonchev–Trinajstić information content (AvgIpc) is 2.76. The zero-order chi connectivity index (χ0) is 13.9. The van der Waals surface area contributed by atoms with Gasteiger partial charge >= 0.3 is 5.97 Å². The molecule has 0 radical (unpaired) electrons. The van der Waals surface area contributed by atoms with Gasteiger partial charge in [0, 0.05) is 6.07 Å². The number of hydrogen-bond donors (Lipinski definition) is 2. The number of halogens is 1. The minimum absolute atomic E-state index is 0.0300. The molecule has 0 bridgehead atoms. The van der Waals surface area contributed by atoms with Crippen LogP contribution in [0.2, 0.25) is 0 Å². The van der Waals surface area contributed by atoms with Crippen molar-refractivity contribution in [3.05, 3.63) is 22.6 Å². The van der Waals surface area contributed by atoms with Gasteiger partial charge in [-0.15, -0.1) is 0 Å². The molecular weight excluding hydrogens is 314 g/mol. The van der Waals surface area contributed by atoms with E-state index in [1.165, 1.54) is 6.26 Å². The van der Waals surface area contributed by atoms with Crippen LogP contribution in [0.3, 0.4) is 0 Å². The molecule has 0 saturated heterocycles. The molecule has 1 aliphatic rings. The Labute approximate surface area is 119 Å². The second-order valence-electron chi connectivity index (χ2n) is 5.01. The van der Waals surface area contributed by atoms with Crippen molar-refractivity contribution in [2.45, 2.75) is 44.1 Å². The molecule has 1 saturated carbocycles. The second-order valence-corrected chi connectivity index (χ2v) is 5.79. The number of carboxylic acid groups (broad SMARTS) is 1. The third kappa shape index (κ3) is 3.59. The predicted octanol–water partition coefficient (Wildman–Crippen LogP) is 2.95. The standard InChI is InChI=1S/C13H16BrNO4/c14-10-6-9(8-19-10)12(18)15-13(7-11(16)17)4-2-1-3-5-13/h6,8H,1-5,7H2,(H,15,18)(H,16,17). The van der Waals surface area contributed by atoms with E-state index < -0.39 is 11.5 Å². The van der Waals surface area contributed by atoms with Crippen LogP contribution in [0.5, 0.6) is 0 Å². The SMILES string of the molecule is O=C(O)CC1(NC(=O)c2coc(Br)c2)CCCCC1. The van der Waals surface area contributed by atoms with Crippen LogP contribution in [0, 0.1) is 0 Å². The Morgan fingerprint density at radius 3 is 2.58 bits per heavy atom. The van der Waals surface area contributed by atoms with E-state index in [1.807, 2.05) is 0 Å². The molecule has 104 valence electrons. The lowest BCUT2D eigenvalue weighted by molar-refractivity contribution is -0.139. The molecule has 1 aliphatic carbocycles. The fourth-order valence-corrected chi connectivity index (χ4v) is 2.95. The monoisotopic (exact) mass is 329 g/mol. The Morgan fingerprint density at radius 1 is 1.37 bits per heavy atom. The molecule has 0 unspecified atom stereocenters. The van der Waals surface area contributed by atoms with Crippen LogP contribution in [0.1, 0.15) is 48.9 Å². The van der Waals surface area contributed by atoms with Gasteiger partial charge in [-0.1, -0.05) is 19.3 Å². The highest BCUT2D eigenvalue weighted by molar-refractivity contribution is 9.10. The Kier molecular flexibility index (Phi) is 4.29. The maximum atomic E-state index is 12.1. The molecule has 6 heteroatoms. The van der Waals surface area contributed by atoms with Crippen LogP contribution < -0.4 is 5.32 Å². The number of amides is 1. The lowest BCUT2D eigenvalue weighted by atomic mass is 9.79. The van der Waals surface area contributed by atoms with E-state index in [4.69, 9.17) is 9.52 Å². The summed E-state index contributed by atoms with van der Waals surface area (Å²) in [4.78, 5) is 23.1. The third-order valence-electron chi connectivity index (χ3n) is 3.51. The summed E-state index contributed by atoms with van der Waals surface area (Å²) in [5.74, 6) is -1.16. The number of aliphatic carboxylic acids is 1. The lowest BCUT2D eigenvalue weighted by Gasteiger charge is -2.36. The van der Waals surface area contributed by atoms with Gasteiger partial charge in [-0.05, 0) is 28.8 Å². The van der Waals surface area contributed by atoms with Gasteiger partial charge in [0.1, 0.15) is 6.26 Å². The number of carbonyl (C=O) groups is 2. The highest BCUT2D eigenvalue weighted by atomic mass is 79.9. The summed E-state index contributed by atoms with van der Waals surface area (Å²) in [7, 11) is 0. The predicted molar refractivity (Wildman–Crippen MR) is 71.9 cm³/mol. The van der Waals surface area contributed by atoms with E-state index >= 15 is 0 Å². The van der Waals surface area contributed by atoms with Crippen molar-refractivity contribution in [1.82, 2.24) is 5.32 Å². The molecule has 19 heavy (non-hydrogen) atoms. The smallest absolute Gasteiger partial charge is 0.305 e. The van der Waals surface area contributed by atoms with Gasteiger partial charge in [0.2, 0.25) is 0 Å². The first-order valence-electron chi connectivity index (χ1n) is 6.29. The molecule has 1 fully saturated rings. The lowest BCUT2D eigenvalue weighted by Crippen LogP contribution is -2.51. The summed E-state index contributed by atoms with van der Waals surface area (Å²) in [6.45, 7) is 0. The Hall–Kier alpha value is -1.30. The van der Waals surface area contributed by atoms with Crippen molar-refractivity contribution in [2.75, 3.05) is 0 Å². The van der Waals surface area contributed by atoms with Crippen LogP contribution in [0.4, 0.5) is 0 Å². The highest BCUT2D eigenvalue weighted by Gasteiger charge is 2.36. The summed E-state index contributed by atoms with van der Waals surface area (Å²) in [5, 5.41) is 11.9. The van der Waals surface area contributed by atoms with Gasteiger partial charge < -0.3 is 14.8 Å². The maximum absolute atomic E-state index is 12.1. The molecule has 1 amide bonds. The first-order chi connectivity index (χ1) is 9.01. The fraction of sp³-hybridized carbons (Fsp3) is 0.538. The molecule has 1 heterocycles. The molecule has 0 spiro atoms.